The fraction of sp³-hybridized carbons (Fsp3) is 0.231. The molecule has 120 valence electrons. The highest BCUT2D eigenvalue weighted by atomic mass is 19.4. The van der Waals surface area contributed by atoms with Crippen molar-refractivity contribution in [3.8, 4) is 0 Å². The van der Waals surface area contributed by atoms with Crippen LogP contribution in [0.3, 0.4) is 0 Å². The first-order chi connectivity index (χ1) is 10.2. The molecule has 0 amide bonds. The van der Waals surface area contributed by atoms with Gasteiger partial charge in [-0.1, -0.05) is 0 Å². The van der Waals surface area contributed by atoms with E-state index in [0.717, 1.165) is 11.4 Å². The second-order valence-corrected chi connectivity index (χ2v) is 4.28. The number of allylic oxidation sites excluding steroid dienone is 3. The van der Waals surface area contributed by atoms with E-state index in [0.29, 0.717) is 0 Å². The van der Waals surface area contributed by atoms with E-state index in [2.05, 4.69) is 10.4 Å². The van der Waals surface area contributed by atoms with Gasteiger partial charge in [0.1, 0.15) is 0 Å². The summed E-state index contributed by atoms with van der Waals surface area (Å²) in [4.78, 5) is 10.9. The van der Waals surface area contributed by atoms with Crippen molar-refractivity contribution in [1.82, 2.24) is 14.7 Å². The maximum Gasteiger partial charge on any atom is 0.490 e. The molecule has 0 aliphatic carbocycles. The van der Waals surface area contributed by atoms with E-state index in [1.165, 1.54) is 0 Å². The first kappa shape index (κ1) is 17.3. The van der Waals surface area contributed by atoms with Crippen LogP contribution in [0.15, 0.2) is 48.7 Å². The highest BCUT2D eigenvalue weighted by Gasteiger charge is 2.38. The lowest BCUT2D eigenvalue weighted by Gasteiger charge is -2.04. The fourth-order valence-corrected chi connectivity index (χ4v) is 1.32. The van der Waals surface area contributed by atoms with Gasteiger partial charge in [0, 0.05) is 38.4 Å². The van der Waals surface area contributed by atoms with Crippen molar-refractivity contribution >= 4 is 11.7 Å². The largest absolute Gasteiger partial charge is 0.490 e. The summed E-state index contributed by atoms with van der Waals surface area (Å²) < 4.78 is 33.5. The van der Waals surface area contributed by atoms with Crippen LogP contribution >= 0.6 is 0 Å². The molecule has 9 heteroatoms. The number of rotatable bonds is 2. The van der Waals surface area contributed by atoms with E-state index in [1.807, 2.05) is 55.8 Å². The van der Waals surface area contributed by atoms with Crippen molar-refractivity contribution < 1.29 is 23.1 Å². The van der Waals surface area contributed by atoms with Gasteiger partial charge >= 0.3 is 12.1 Å². The zero-order valence-electron chi connectivity index (χ0n) is 11.9. The van der Waals surface area contributed by atoms with Gasteiger partial charge in [0.2, 0.25) is 0 Å². The number of aliphatic carboxylic acids is 1. The summed E-state index contributed by atoms with van der Waals surface area (Å²) in [6.45, 7) is 0. The van der Waals surface area contributed by atoms with Crippen LogP contribution in [-0.4, -0.2) is 39.0 Å². The molecule has 22 heavy (non-hydrogen) atoms. The van der Waals surface area contributed by atoms with Crippen LogP contribution in [0.5, 0.6) is 0 Å². The summed E-state index contributed by atoms with van der Waals surface area (Å²) >= 11 is 0. The van der Waals surface area contributed by atoms with Crippen LogP contribution in [0.1, 0.15) is 0 Å². The summed E-state index contributed by atoms with van der Waals surface area (Å²) in [6, 6.07) is 0. The molecule has 0 unspecified atom stereocenters. The minimum atomic E-state index is -5.08. The molecule has 0 bridgehead atoms. The van der Waals surface area contributed by atoms with Gasteiger partial charge in [-0.25, -0.2) is 4.79 Å². The highest BCUT2D eigenvalue weighted by molar-refractivity contribution is 5.73. The van der Waals surface area contributed by atoms with Crippen molar-refractivity contribution in [3.63, 3.8) is 0 Å². The fourth-order valence-electron chi connectivity index (χ4n) is 1.32. The Morgan fingerprint density at radius 3 is 2.45 bits per heavy atom. The maximum atomic E-state index is 10.6. The molecule has 2 heterocycles. The van der Waals surface area contributed by atoms with Crippen LogP contribution in [0.4, 0.5) is 18.9 Å². The third-order valence-electron chi connectivity index (χ3n) is 2.32. The van der Waals surface area contributed by atoms with Crippen LogP contribution in [0.25, 0.3) is 0 Å². The molecular formula is C13H15F3N4O2. The minimum absolute atomic E-state index is 0.992. The molecule has 1 aromatic rings. The molecule has 0 fully saturated rings. The SMILES string of the molecule is CN1C=CC=C(Nc2cnn(C)c2)C=C1.O=C(O)C(F)(F)F. The number of carboxylic acid groups (broad SMARTS) is 1. The maximum absolute atomic E-state index is 10.6. The Bertz CT molecular complexity index is 603. The molecule has 0 spiro atoms. The number of hydrogen-bond acceptors (Lipinski definition) is 4. The summed E-state index contributed by atoms with van der Waals surface area (Å²) in [7, 11) is 3.89. The Morgan fingerprint density at radius 2 is 1.95 bits per heavy atom. The van der Waals surface area contributed by atoms with Gasteiger partial charge in [0.15, 0.2) is 0 Å². The lowest BCUT2D eigenvalue weighted by atomic mass is 10.3. The highest BCUT2D eigenvalue weighted by Crippen LogP contribution is 2.13. The topological polar surface area (TPSA) is 70.4 Å². The molecule has 1 aliphatic rings. The van der Waals surface area contributed by atoms with E-state index in [-0.39, 0.29) is 0 Å². The second kappa shape index (κ2) is 7.34. The number of alkyl halides is 3. The number of carbonyl (C=O) groups is 1. The third-order valence-corrected chi connectivity index (χ3v) is 2.32. The predicted octanol–water partition coefficient (Wildman–Crippen LogP) is 2.32. The molecule has 2 N–H and O–H groups in total. The number of anilines is 1. The summed E-state index contributed by atoms with van der Waals surface area (Å²) in [5, 5.41) is 14.5. The van der Waals surface area contributed by atoms with Gasteiger partial charge in [-0.15, -0.1) is 0 Å². The number of nitrogens with zero attached hydrogens (tertiary/aromatic N) is 3. The Morgan fingerprint density at radius 1 is 1.32 bits per heavy atom. The number of carboxylic acids is 1. The first-order valence-corrected chi connectivity index (χ1v) is 6.03. The van der Waals surface area contributed by atoms with Crippen molar-refractivity contribution in [3.05, 3.63) is 48.7 Å². The summed E-state index contributed by atoms with van der Waals surface area (Å²) in [6.07, 6.45) is 8.69. The number of nitrogens with one attached hydrogen (secondary N) is 1. The Labute approximate surface area is 124 Å². The van der Waals surface area contributed by atoms with Gasteiger partial charge in [-0.2, -0.15) is 18.3 Å². The molecule has 0 radical (unpaired) electrons. The van der Waals surface area contributed by atoms with Gasteiger partial charge < -0.3 is 15.3 Å². The van der Waals surface area contributed by atoms with Gasteiger partial charge in [-0.05, 0) is 18.2 Å². The van der Waals surface area contributed by atoms with Crippen molar-refractivity contribution in [1.29, 1.82) is 0 Å². The lowest BCUT2D eigenvalue weighted by Crippen LogP contribution is -2.21. The van der Waals surface area contributed by atoms with Gasteiger partial charge in [0.05, 0.1) is 11.9 Å². The van der Waals surface area contributed by atoms with Crippen LogP contribution in [0, 0.1) is 0 Å². The van der Waals surface area contributed by atoms with Crippen LogP contribution < -0.4 is 5.32 Å². The molecule has 6 nitrogen and oxygen atoms in total. The standard InChI is InChI=1S/C11H14N4.C2HF3O2/c1-14-6-3-4-10(5-7-14)13-11-8-12-15(2)9-11;3-2(4,5)1(6)7/h3-9,13H,1-2H3;(H,6,7). The van der Waals surface area contributed by atoms with Gasteiger partial charge in [-0.3, -0.25) is 4.68 Å². The third kappa shape index (κ3) is 6.16. The van der Waals surface area contributed by atoms with Crippen LogP contribution in [-0.2, 0) is 11.8 Å². The first-order valence-electron chi connectivity index (χ1n) is 6.03. The number of aromatic nitrogens is 2. The smallest absolute Gasteiger partial charge is 0.475 e. The average Bonchev–Trinajstić information content (AvgIpc) is 2.69. The van der Waals surface area contributed by atoms with Crippen molar-refractivity contribution in [2.45, 2.75) is 6.18 Å². The molecule has 0 atom stereocenters. The van der Waals surface area contributed by atoms with E-state index < -0.39 is 12.1 Å². The van der Waals surface area contributed by atoms with E-state index in [9.17, 15) is 13.2 Å². The molecule has 2 rings (SSSR count). The van der Waals surface area contributed by atoms with E-state index in [1.54, 1.807) is 10.9 Å². The zero-order chi connectivity index (χ0) is 16.8. The molecule has 0 aromatic carbocycles. The normalized spacial score (nSPS) is 13.9. The Kier molecular flexibility index (Phi) is 5.79. The summed E-state index contributed by atoms with van der Waals surface area (Å²) in [5.74, 6) is -2.76. The van der Waals surface area contributed by atoms with Crippen molar-refractivity contribution in [2.24, 2.45) is 7.05 Å². The van der Waals surface area contributed by atoms with Crippen molar-refractivity contribution in [2.75, 3.05) is 12.4 Å². The monoisotopic (exact) mass is 316 g/mol. The number of hydrogen-bond donors (Lipinski definition) is 2. The Balaban J connectivity index is 0.000000295. The summed E-state index contributed by atoms with van der Waals surface area (Å²) in [5.41, 5.74) is 2.04. The molecule has 1 aliphatic heterocycles. The van der Waals surface area contributed by atoms with E-state index >= 15 is 0 Å². The molecule has 0 saturated heterocycles. The predicted molar refractivity (Wildman–Crippen MR) is 74.6 cm³/mol. The molecule has 1 aromatic heterocycles. The van der Waals surface area contributed by atoms with E-state index in [4.69, 9.17) is 9.90 Å². The number of aryl methyl sites for hydroxylation is 1. The van der Waals surface area contributed by atoms with Crippen LogP contribution in [0.2, 0.25) is 0 Å². The molecule has 0 saturated carbocycles. The molecular weight excluding hydrogens is 301 g/mol. The lowest BCUT2D eigenvalue weighted by molar-refractivity contribution is -0.192. The average molecular weight is 316 g/mol. The zero-order valence-corrected chi connectivity index (χ0v) is 11.9. The number of halogens is 3. The van der Waals surface area contributed by atoms with Gasteiger partial charge in [0.25, 0.3) is 0 Å². The quantitative estimate of drug-likeness (QED) is 0.876. The minimum Gasteiger partial charge on any atom is -0.475 e. The Hall–Kier alpha value is -2.71. The second-order valence-electron chi connectivity index (χ2n) is 4.28.